The number of anilines is 1. The van der Waals surface area contributed by atoms with E-state index in [0.29, 0.717) is 5.33 Å². The number of rotatable bonds is 5. The van der Waals surface area contributed by atoms with E-state index in [9.17, 15) is 8.42 Å². The quantitative estimate of drug-likeness (QED) is 0.810. The fraction of sp³-hybridized carbons (Fsp3) is 0.250. The Labute approximate surface area is 139 Å². The zero-order valence-electron chi connectivity index (χ0n) is 11.9. The average molecular weight is 381 g/mol. The van der Waals surface area contributed by atoms with Gasteiger partial charge in [0.2, 0.25) is 0 Å². The van der Waals surface area contributed by atoms with Gasteiger partial charge in [-0.3, -0.25) is 4.31 Å². The van der Waals surface area contributed by atoms with Gasteiger partial charge in [-0.15, -0.1) is 0 Å². The molecule has 0 radical (unpaired) electrons. The van der Waals surface area contributed by atoms with Crippen LogP contribution in [0.4, 0.5) is 5.69 Å². The molecule has 0 fully saturated rings. The summed E-state index contributed by atoms with van der Waals surface area (Å²) in [5.74, 6) is 0. The first-order valence-corrected chi connectivity index (χ1v) is 9.65. The van der Waals surface area contributed by atoms with Gasteiger partial charge in [-0.05, 0) is 23.6 Å². The van der Waals surface area contributed by atoms with Gasteiger partial charge in [0.1, 0.15) is 0 Å². The third-order valence-electron chi connectivity index (χ3n) is 3.75. The molecule has 0 saturated heterocycles. The summed E-state index contributed by atoms with van der Waals surface area (Å²) < 4.78 is 29.7. The summed E-state index contributed by atoms with van der Waals surface area (Å²) in [6.45, 7) is 0.289. The minimum atomic E-state index is -3.58. The average Bonchev–Trinajstić information content (AvgIpc) is 2.93. The predicted molar refractivity (Wildman–Crippen MR) is 92.4 cm³/mol. The summed E-state index contributed by atoms with van der Waals surface area (Å²) in [4.78, 5) is 0. The second-order valence-corrected chi connectivity index (χ2v) is 7.53. The molecule has 1 atom stereocenters. The molecule has 3 rings (SSSR count). The van der Waals surface area contributed by atoms with E-state index in [1.165, 1.54) is 4.31 Å². The molecule has 6 heteroatoms. The van der Waals surface area contributed by atoms with Crippen LogP contribution < -0.4 is 9.03 Å². The van der Waals surface area contributed by atoms with E-state index in [2.05, 4.69) is 20.7 Å². The van der Waals surface area contributed by atoms with Crippen LogP contribution in [0.5, 0.6) is 0 Å². The lowest BCUT2D eigenvalue weighted by Gasteiger charge is -2.25. The Morgan fingerprint density at radius 2 is 1.77 bits per heavy atom. The molecule has 1 heterocycles. The Morgan fingerprint density at radius 3 is 2.50 bits per heavy atom. The van der Waals surface area contributed by atoms with E-state index in [4.69, 9.17) is 0 Å². The highest BCUT2D eigenvalue weighted by molar-refractivity contribution is 9.09. The number of alkyl halides is 1. The van der Waals surface area contributed by atoms with E-state index in [-0.39, 0.29) is 12.6 Å². The Bertz CT molecular complexity index is 750. The van der Waals surface area contributed by atoms with Crippen molar-refractivity contribution in [3.8, 4) is 0 Å². The van der Waals surface area contributed by atoms with Crippen molar-refractivity contribution < 1.29 is 8.42 Å². The van der Waals surface area contributed by atoms with Gasteiger partial charge in [0, 0.05) is 11.9 Å². The van der Waals surface area contributed by atoms with Crippen LogP contribution >= 0.6 is 15.9 Å². The maximum absolute atomic E-state index is 12.7. The summed E-state index contributed by atoms with van der Waals surface area (Å²) >= 11 is 3.43. The second-order valence-electron chi connectivity index (χ2n) is 5.25. The lowest BCUT2D eigenvalue weighted by atomic mass is 10.1. The second kappa shape index (κ2) is 6.40. The number of nitrogens with one attached hydrogen (secondary N) is 1. The highest BCUT2D eigenvalue weighted by atomic mass is 79.9. The van der Waals surface area contributed by atoms with Gasteiger partial charge in [0.05, 0.1) is 11.7 Å². The Kier molecular flexibility index (Phi) is 4.52. The number of hydrogen-bond donors (Lipinski definition) is 1. The van der Waals surface area contributed by atoms with Crippen molar-refractivity contribution >= 4 is 31.8 Å². The molecule has 1 aliphatic heterocycles. The zero-order valence-corrected chi connectivity index (χ0v) is 14.3. The van der Waals surface area contributed by atoms with Crippen LogP contribution in [0.1, 0.15) is 11.1 Å². The molecule has 1 aliphatic rings. The fourth-order valence-corrected chi connectivity index (χ4v) is 4.89. The molecular formula is C16H17BrN2O2S. The molecule has 2 aromatic carbocycles. The lowest BCUT2D eigenvalue weighted by molar-refractivity contribution is 0.570. The molecule has 116 valence electrons. The van der Waals surface area contributed by atoms with Crippen molar-refractivity contribution in [2.45, 2.75) is 19.0 Å². The van der Waals surface area contributed by atoms with Crippen molar-refractivity contribution in [3.05, 3.63) is 65.7 Å². The number of hydrogen-bond acceptors (Lipinski definition) is 2. The summed E-state index contributed by atoms with van der Waals surface area (Å²) in [5, 5.41) is 0.605. The van der Waals surface area contributed by atoms with Crippen molar-refractivity contribution in [2.75, 3.05) is 9.64 Å². The molecule has 1 unspecified atom stereocenters. The summed E-state index contributed by atoms with van der Waals surface area (Å²) in [6.07, 6.45) is 0.730. The molecular weight excluding hydrogens is 364 g/mol. The number of fused-ring (bicyclic) bond motifs is 1. The maximum Gasteiger partial charge on any atom is 0.302 e. The number of benzene rings is 2. The van der Waals surface area contributed by atoms with E-state index in [1.807, 2.05) is 54.6 Å². The largest absolute Gasteiger partial charge is 0.302 e. The number of nitrogens with zero attached hydrogens (tertiary/aromatic N) is 1. The Morgan fingerprint density at radius 1 is 1.09 bits per heavy atom. The minimum absolute atomic E-state index is 0.0920. The Hall–Kier alpha value is -1.37. The van der Waals surface area contributed by atoms with Crippen molar-refractivity contribution in [2.24, 2.45) is 0 Å². The molecule has 0 aromatic heterocycles. The topological polar surface area (TPSA) is 49.4 Å². The minimum Gasteiger partial charge on any atom is -0.253 e. The molecule has 0 amide bonds. The smallest absolute Gasteiger partial charge is 0.253 e. The fourth-order valence-electron chi connectivity index (χ4n) is 2.71. The van der Waals surface area contributed by atoms with Gasteiger partial charge in [-0.1, -0.05) is 64.5 Å². The van der Waals surface area contributed by atoms with Crippen molar-refractivity contribution in [1.29, 1.82) is 0 Å². The molecule has 22 heavy (non-hydrogen) atoms. The summed E-state index contributed by atoms with van der Waals surface area (Å²) in [6, 6.07) is 17.1. The van der Waals surface area contributed by atoms with Crippen LogP contribution in [-0.2, 0) is 23.2 Å². The molecule has 0 aliphatic carbocycles. The van der Waals surface area contributed by atoms with Gasteiger partial charge < -0.3 is 0 Å². The van der Waals surface area contributed by atoms with E-state index < -0.39 is 10.2 Å². The molecule has 0 bridgehead atoms. The third kappa shape index (κ3) is 3.04. The number of halogens is 1. The molecule has 4 nitrogen and oxygen atoms in total. The van der Waals surface area contributed by atoms with Gasteiger partial charge in [-0.2, -0.15) is 13.1 Å². The van der Waals surface area contributed by atoms with Gasteiger partial charge in [-0.25, -0.2) is 0 Å². The van der Waals surface area contributed by atoms with Crippen LogP contribution in [-0.4, -0.2) is 19.8 Å². The lowest BCUT2D eigenvalue weighted by Crippen LogP contribution is -2.45. The van der Waals surface area contributed by atoms with E-state index in [0.717, 1.165) is 23.2 Å². The van der Waals surface area contributed by atoms with E-state index in [1.54, 1.807) is 0 Å². The SMILES string of the molecule is O=S(=O)(NCc1ccccc1)N1c2ccccc2CC1CBr. The maximum atomic E-state index is 12.7. The van der Waals surface area contributed by atoms with Gasteiger partial charge in [0.15, 0.2) is 0 Å². The molecule has 2 aromatic rings. The first-order valence-electron chi connectivity index (χ1n) is 7.08. The van der Waals surface area contributed by atoms with Crippen LogP contribution in [0, 0.1) is 0 Å². The highest BCUT2D eigenvalue weighted by Crippen LogP contribution is 2.34. The van der Waals surface area contributed by atoms with Crippen LogP contribution in [0.25, 0.3) is 0 Å². The Balaban J connectivity index is 1.84. The van der Waals surface area contributed by atoms with Crippen molar-refractivity contribution in [1.82, 2.24) is 4.72 Å². The molecule has 1 N–H and O–H groups in total. The van der Waals surface area contributed by atoms with Gasteiger partial charge >= 0.3 is 10.2 Å². The van der Waals surface area contributed by atoms with Crippen LogP contribution in [0.15, 0.2) is 54.6 Å². The van der Waals surface area contributed by atoms with Gasteiger partial charge in [0.25, 0.3) is 0 Å². The highest BCUT2D eigenvalue weighted by Gasteiger charge is 2.36. The van der Waals surface area contributed by atoms with Crippen molar-refractivity contribution in [3.63, 3.8) is 0 Å². The standard InChI is InChI=1S/C16H17BrN2O2S/c17-11-15-10-14-8-4-5-9-16(14)19(15)22(20,21)18-12-13-6-2-1-3-7-13/h1-9,15,18H,10-12H2. The molecule has 0 spiro atoms. The normalized spacial score (nSPS) is 17.5. The zero-order chi connectivity index (χ0) is 15.6. The summed E-state index contributed by atoms with van der Waals surface area (Å²) in [7, 11) is -3.58. The van der Waals surface area contributed by atoms with Crippen LogP contribution in [0.2, 0.25) is 0 Å². The third-order valence-corrected chi connectivity index (χ3v) is 6.02. The number of para-hydroxylation sites is 1. The first kappa shape index (κ1) is 15.5. The monoisotopic (exact) mass is 380 g/mol. The van der Waals surface area contributed by atoms with Crippen LogP contribution in [0.3, 0.4) is 0 Å². The molecule has 0 saturated carbocycles. The predicted octanol–water partition coefficient (Wildman–Crippen LogP) is 2.85. The first-order chi connectivity index (χ1) is 10.6. The summed E-state index contributed by atoms with van der Waals surface area (Å²) in [5.41, 5.74) is 2.78. The van der Waals surface area contributed by atoms with E-state index >= 15 is 0 Å².